The Kier molecular flexibility index (Phi) is 4.12. The normalized spacial score (nSPS) is 12.6. The van der Waals surface area contributed by atoms with Gasteiger partial charge in [0, 0.05) is 5.92 Å². The minimum Gasteiger partial charge on any atom is -0.330 e. The summed E-state index contributed by atoms with van der Waals surface area (Å²) in [6.07, 6.45) is 0.422. The Morgan fingerprint density at radius 1 is 1.44 bits per heavy atom. The molecular formula is C12H15F2NO. The number of Topliss-reactive ketones (excluding diaryl/α,β-unsaturated/α-hetero) is 1. The Labute approximate surface area is 93.5 Å². The van der Waals surface area contributed by atoms with Gasteiger partial charge in [-0.1, -0.05) is 13.0 Å². The molecule has 0 saturated carbocycles. The number of nitrogens with two attached hydrogens (primary N) is 1. The first-order chi connectivity index (χ1) is 7.49. The highest BCUT2D eigenvalue weighted by Crippen LogP contribution is 2.20. The number of hydrogen-bond donors (Lipinski definition) is 1. The summed E-state index contributed by atoms with van der Waals surface area (Å²) in [4.78, 5) is 11.8. The highest BCUT2D eigenvalue weighted by Gasteiger charge is 2.23. The fourth-order valence-corrected chi connectivity index (χ4v) is 1.51. The largest absolute Gasteiger partial charge is 0.330 e. The lowest BCUT2D eigenvalue weighted by Crippen LogP contribution is -2.18. The molecule has 0 aromatic heterocycles. The number of carbonyl (C=O) groups excluding carboxylic acids is 1. The molecule has 1 unspecified atom stereocenters. The van der Waals surface area contributed by atoms with Gasteiger partial charge in [0.1, 0.15) is 11.6 Å². The van der Waals surface area contributed by atoms with E-state index in [1.54, 1.807) is 6.92 Å². The lowest BCUT2D eigenvalue weighted by atomic mass is 9.94. The van der Waals surface area contributed by atoms with Gasteiger partial charge in [0.05, 0.1) is 5.56 Å². The van der Waals surface area contributed by atoms with Crippen LogP contribution in [0.15, 0.2) is 12.1 Å². The summed E-state index contributed by atoms with van der Waals surface area (Å²) in [5.74, 6) is -2.56. The van der Waals surface area contributed by atoms with Gasteiger partial charge in [-0.25, -0.2) is 8.78 Å². The second-order valence-electron chi connectivity index (χ2n) is 3.90. The highest BCUT2D eigenvalue weighted by molar-refractivity contribution is 5.98. The van der Waals surface area contributed by atoms with Crippen LogP contribution in [-0.2, 0) is 0 Å². The molecule has 0 fully saturated rings. The number of halogens is 2. The molecule has 0 aliphatic heterocycles. The van der Waals surface area contributed by atoms with Crippen molar-refractivity contribution in [1.29, 1.82) is 0 Å². The summed E-state index contributed by atoms with van der Waals surface area (Å²) in [5, 5.41) is 0. The molecule has 0 saturated heterocycles. The molecule has 1 atom stereocenters. The Morgan fingerprint density at radius 3 is 2.62 bits per heavy atom. The van der Waals surface area contributed by atoms with Crippen LogP contribution in [0.3, 0.4) is 0 Å². The lowest BCUT2D eigenvalue weighted by molar-refractivity contribution is 0.0916. The van der Waals surface area contributed by atoms with Crippen LogP contribution in [0.4, 0.5) is 8.78 Å². The third-order valence-corrected chi connectivity index (χ3v) is 2.58. The molecule has 0 spiro atoms. The molecular weight excluding hydrogens is 212 g/mol. The number of aryl methyl sites for hydroxylation is 1. The smallest absolute Gasteiger partial charge is 0.171 e. The molecule has 0 aliphatic rings. The van der Waals surface area contributed by atoms with Crippen molar-refractivity contribution in [1.82, 2.24) is 0 Å². The summed E-state index contributed by atoms with van der Waals surface area (Å²) in [6, 6.07) is 2.43. The highest BCUT2D eigenvalue weighted by atomic mass is 19.1. The molecule has 4 heteroatoms. The molecule has 1 aromatic carbocycles. The van der Waals surface area contributed by atoms with Gasteiger partial charge in [0.15, 0.2) is 5.78 Å². The van der Waals surface area contributed by atoms with Gasteiger partial charge in [-0.2, -0.15) is 0 Å². The summed E-state index contributed by atoms with van der Waals surface area (Å²) in [7, 11) is 0. The molecule has 2 N–H and O–H groups in total. The van der Waals surface area contributed by atoms with Crippen molar-refractivity contribution >= 4 is 5.78 Å². The molecule has 0 radical (unpaired) electrons. The monoisotopic (exact) mass is 227 g/mol. The molecule has 0 aliphatic carbocycles. The van der Waals surface area contributed by atoms with Crippen molar-refractivity contribution in [2.75, 3.05) is 6.54 Å². The fourth-order valence-electron chi connectivity index (χ4n) is 1.51. The maximum absolute atomic E-state index is 13.6. The number of hydrogen-bond acceptors (Lipinski definition) is 2. The SMILES string of the molecule is Cc1ccc(F)c(C(=O)C(C)CCN)c1F. The second kappa shape index (κ2) is 5.16. The first kappa shape index (κ1) is 12.8. The van der Waals surface area contributed by atoms with E-state index < -0.39 is 28.9 Å². The van der Waals surface area contributed by atoms with Crippen LogP contribution < -0.4 is 5.73 Å². The van der Waals surface area contributed by atoms with E-state index in [4.69, 9.17) is 5.73 Å². The Hall–Kier alpha value is -1.29. The molecule has 2 nitrogen and oxygen atoms in total. The molecule has 0 bridgehead atoms. The van der Waals surface area contributed by atoms with Crippen LogP contribution in [0.2, 0.25) is 0 Å². The van der Waals surface area contributed by atoms with Crippen molar-refractivity contribution in [3.8, 4) is 0 Å². The van der Waals surface area contributed by atoms with Gasteiger partial charge in [-0.3, -0.25) is 4.79 Å². The summed E-state index contributed by atoms with van der Waals surface area (Å²) in [6.45, 7) is 3.44. The quantitative estimate of drug-likeness (QED) is 0.803. The van der Waals surface area contributed by atoms with Crippen molar-refractivity contribution in [3.63, 3.8) is 0 Å². The van der Waals surface area contributed by atoms with Crippen LogP contribution in [0.5, 0.6) is 0 Å². The first-order valence-electron chi connectivity index (χ1n) is 5.18. The molecule has 16 heavy (non-hydrogen) atoms. The van der Waals surface area contributed by atoms with Crippen LogP contribution in [0, 0.1) is 24.5 Å². The van der Waals surface area contributed by atoms with E-state index in [2.05, 4.69) is 0 Å². The van der Waals surface area contributed by atoms with Crippen LogP contribution in [0.25, 0.3) is 0 Å². The Bertz CT molecular complexity index is 404. The molecule has 0 amide bonds. The molecule has 1 rings (SSSR count). The van der Waals surface area contributed by atoms with Gasteiger partial charge in [-0.05, 0) is 31.5 Å². The minimum absolute atomic E-state index is 0.268. The van der Waals surface area contributed by atoms with E-state index in [1.165, 1.54) is 13.0 Å². The minimum atomic E-state index is -0.808. The predicted octanol–water partition coefficient (Wildman–Crippen LogP) is 2.44. The maximum atomic E-state index is 13.6. The zero-order valence-electron chi connectivity index (χ0n) is 9.39. The van der Waals surface area contributed by atoms with E-state index in [1.807, 2.05) is 0 Å². The van der Waals surface area contributed by atoms with Crippen LogP contribution >= 0.6 is 0 Å². The molecule has 1 aromatic rings. The lowest BCUT2D eigenvalue weighted by Gasteiger charge is -2.11. The van der Waals surface area contributed by atoms with Crippen molar-refractivity contribution in [2.24, 2.45) is 11.7 Å². The molecule has 0 heterocycles. The predicted molar refractivity (Wildman–Crippen MR) is 58.3 cm³/mol. The number of ketones is 1. The van der Waals surface area contributed by atoms with E-state index in [0.717, 1.165) is 6.07 Å². The van der Waals surface area contributed by atoms with Crippen LogP contribution in [-0.4, -0.2) is 12.3 Å². The number of carbonyl (C=O) groups is 1. The summed E-state index contributed by atoms with van der Waals surface area (Å²) >= 11 is 0. The standard InChI is InChI=1S/C12H15F2NO/c1-7-3-4-9(13)10(11(7)14)12(16)8(2)5-6-15/h3-4,8H,5-6,15H2,1-2H3. The van der Waals surface area contributed by atoms with Crippen molar-refractivity contribution in [3.05, 3.63) is 34.9 Å². The Morgan fingerprint density at radius 2 is 2.06 bits per heavy atom. The fraction of sp³-hybridized carbons (Fsp3) is 0.417. The van der Waals surface area contributed by atoms with Crippen molar-refractivity contribution in [2.45, 2.75) is 20.3 Å². The third-order valence-electron chi connectivity index (χ3n) is 2.58. The topological polar surface area (TPSA) is 43.1 Å². The average Bonchev–Trinajstić information content (AvgIpc) is 2.24. The van der Waals surface area contributed by atoms with Gasteiger partial charge < -0.3 is 5.73 Å². The van der Waals surface area contributed by atoms with Crippen LogP contribution in [0.1, 0.15) is 29.3 Å². The van der Waals surface area contributed by atoms with E-state index in [9.17, 15) is 13.6 Å². The van der Waals surface area contributed by atoms with Gasteiger partial charge in [-0.15, -0.1) is 0 Å². The summed E-state index contributed by atoms with van der Waals surface area (Å²) in [5.41, 5.74) is 5.14. The van der Waals surface area contributed by atoms with Crippen molar-refractivity contribution < 1.29 is 13.6 Å². The molecule has 88 valence electrons. The maximum Gasteiger partial charge on any atom is 0.171 e. The summed E-state index contributed by atoms with van der Waals surface area (Å²) < 4.78 is 27.0. The van der Waals surface area contributed by atoms with E-state index in [-0.39, 0.29) is 5.56 Å². The number of rotatable bonds is 4. The average molecular weight is 227 g/mol. The van der Waals surface area contributed by atoms with Gasteiger partial charge >= 0.3 is 0 Å². The first-order valence-corrected chi connectivity index (χ1v) is 5.18. The third kappa shape index (κ3) is 2.44. The number of benzene rings is 1. The Balaban J connectivity index is 3.12. The zero-order valence-corrected chi connectivity index (χ0v) is 9.39. The van der Waals surface area contributed by atoms with Gasteiger partial charge in [0.25, 0.3) is 0 Å². The zero-order chi connectivity index (χ0) is 12.3. The van der Waals surface area contributed by atoms with Gasteiger partial charge in [0.2, 0.25) is 0 Å². The van der Waals surface area contributed by atoms with E-state index >= 15 is 0 Å². The van der Waals surface area contributed by atoms with E-state index in [0.29, 0.717) is 13.0 Å². The second-order valence-corrected chi connectivity index (χ2v) is 3.90.